The van der Waals surface area contributed by atoms with E-state index in [4.69, 9.17) is 14.4 Å². The Morgan fingerprint density at radius 1 is 1.16 bits per heavy atom. The van der Waals surface area contributed by atoms with Gasteiger partial charge in [0.05, 0.1) is 11.1 Å². The fraction of sp³-hybridized carbons (Fsp3) is 0.208. The predicted molar refractivity (Wildman–Crippen MR) is 126 cm³/mol. The highest BCUT2D eigenvalue weighted by Crippen LogP contribution is 2.36. The summed E-state index contributed by atoms with van der Waals surface area (Å²) in [6.45, 7) is 1.66. The van der Waals surface area contributed by atoms with Crippen molar-refractivity contribution in [2.45, 2.75) is 20.0 Å². The van der Waals surface area contributed by atoms with Crippen molar-refractivity contribution >= 4 is 22.8 Å². The maximum atomic E-state index is 13.2. The fourth-order valence-corrected chi connectivity index (χ4v) is 3.72. The first kappa shape index (κ1) is 26.2. The fourth-order valence-electron chi connectivity index (χ4n) is 3.72. The number of H-pyrrole nitrogens is 1. The molecule has 0 aliphatic carbocycles. The van der Waals surface area contributed by atoms with Crippen LogP contribution >= 0.6 is 0 Å². The molecule has 0 aliphatic rings. The van der Waals surface area contributed by atoms with Crippen LogP contribution in [-0.2, 0) is 15.8 Å². The van der Waals surface area contributed by atoms with Crippen LogP contribution in [0, 0.1) is 13.8 Å². The van der Waals surface area contributed by atoms with Crippen LogP contribution < -0.4 is 21.3 Å². The Morgan fingerprint density at radius 3 is 2.58 bits per heavy atom. The van der Waals surface area contributed by atoms with E-state index in [2.05, 4.69) is 10.5 Å². The molecule has 14 heteroatoms. The van der Waals surface area contributed by atoms with E-state index >= 15 is 0 Å². The Labute approximate surface area is 210 Å². The first-order valence-electron chi connectivity index (χ1n) is 10.9. The number of rotatable bonds is 7. The van der Waals surface area contributed by atoms with Gasteiger partial charge in [-0.05, 0) is 44.2 Å². The molecule has 0 saturated heterocycles. The van der Waals surface area contributed by atoms with Crippen molar-refractivity contribution in [1.29, 1.82) is 0 Å². The minimum atomic E-state index is -4.92. The molecule has 11 nitrogen and oxygen atoms in total. The van der Waals surface area contributed by atoms with Crippen LogP contribution in [0.4, 0.5) is 13.2 Å². The summed E-state index contributed by atoms with van der Waals surface area (Å²) in [7, 11) is 0. The van der Waals surface area contributed by atoms with Gasteiger partial charge in [-0.2, -0.15) is 13.2 Å². The number of alkyl halides is 3. The van der Waals surface area contributed by atoms with Gasteiger partial charge >= 0.3 is 17.8 Å². The Kier molecular flexibility index (Phi) is 6.81. The molecule has 0 saturated carbocycles. The number of nitrogens with one attached hydrogen (secondary N) is 2. The SMILES string of the molecule is Cc1ccc(OCC(=O)NCC(=O)O)c(-c2noc3ccc(-n4c(=O)[nH]c(C(F)(F)F)c(C)c4=O)cc23)c1. The second-order valence-electron chi connectivity index (χ2n) is 8.24. The van der Waals surface area contributed by atoms with E-state index in [1.165, 1.54) is 18.2 Å². The lowest BCUT2D eigenvalue weighted by Gasteiger charge is -2.12. The van der Waals surface area contributed by atoms with Gasteiger partial charge < -0.3 is 24.7 Å². The molecule has 0 bridgehead atoms. The summed E-state index contributed by atoms with van der Waals surface area (Å²) < 4.78 is 51.1. The number of benzene rings is 2. The normalized spacial score (nSPS) is 11.5. The predicted octanol–water partition coefficient (Wildman–Crippen LogP) is 2.55. The summed E-state index contributed by atoms with van der Waals surface area (Å²) in [5, 5.41) is 15.2. The molecule has 0 aliphatic heterocycles. The van der Waals surface area contributed by atoms with Crippen LogP contribution in [-0.4, -0.2) is 44.8 Å². The summed E-state index contributed by atoms with van der Waals surface area (Å²) in [4.78, 5) is 49.5. The second kappa shape index (κ2) is 9.88. The second-order valence-corrected chi connectivity index (χ2v) is 8.24. The molecular weight excluding hydrogens is 513 g/mol. The zero-order valence-electron chi connectivity index (χ0n) is 19.8. The van der Waals surface area contributed by atoms with Gasteiger partial charge in [-0.3, -0.25) is 14.4 Å². The maximum Gasteiger partial charge on any atom is 0.431 e. The smallest absolute Gasteiger partial charge is 0.431 e. The van der Waals surface area contributed by atoms with Crippen LogP contribution in [0.3, 0.4) is 0 Å². The first-order chi connectivity index (χ1) is 17.9. The third kappa shape index (κ3) is 5.14. The highest BCUT2D eigenvalue weighted by molar-refractivity contribution is 5.94. The van der Waals surface area contributed by atoms with Gasteiger partial charge in [-0.1, -0.05) is 16.8 Å². The number of carbonyl (C=O) groups excluding carboxylic acids is 1. The Bertz CT molecular complexity index is 1690. The number of amides is 1. The standard InChI is InChI=1S/C24H19F3N4O7/c1-11-3-5-16(37-10-18(32)28-9-19(33)34)14(7-11)20-15-8-13(4-6-17(15)38-30-20)31-22(35)12(2)21(24(25,26)27)29-23(31)36/h3-8H,9-10H2,1-2H3,(H,28,32)(H,29,36)(H,33,34). The van der Waals surface area contributed by atoms with E-state index in [-0.39, 0.29) is 22.7 Å². The van der Waals surface area contributed by atoms with Crippen molar-refractivity contribution in [3.05, 3.63) is 74.1 Å². The van der Waals surface area contributed by atoms with E-state index in [1.807, 2.05) is 0 Å². The molecule has 1 amide bonds. The highest BCUT2D eigenvalue weighted by Gasteiger charge is 2.35. The molecule has 4 rings (SSSR count). The Balaban J connectivity index is 1.78. The molecule has 0 atom stereocenters. The summed E-state index contributed by atoms with van der Waals surface area (Å²) in [5.74, 6) is -1.70. The lowest BCUT2D eigenvalue weighted by Crippen LogP contribution is -2.38. The minimum absolute atomic E-state index is 0.0341. The number of hydrogen-bond acceptors (Lipinski definition) is 7. The van der Waals surface area contributed by atoms with Crippen molar-refractivity contribution in [2.75, 3.05) is 13.2 Å². The van der Waals surface area contributed by atoms with Crippen molar-refractivity contribution in [2.24, 2.45) is 0 Å². The zero-order chi connectivity index (χ0) is 27.8. The van der Waals surface area contributed by atoms with E-state index < -0.39 is 53.7 Å². The van der Waals surface area contributed by atoms with Crippen LogP contribution in [0.2, 0.25) is 0 Å². The largest absolute Gasteiger partial charge is 0.483 e. The van der Waals surface area contributed by atoms with E-state index in [0.29, 0.717) is 15.5 Å². The number of carboxylic acid groups (broad SMARTS) is 1. The summed E-state index contributed by atoms with van der Waals surface area (Å²) >= 11 is 0. The average Bonchev–Trinajstić information content (AvgIpc) is 3.26. The number of hydrogen-bond donors (Lipinski definition) is 3. The number of halogens is 3. The monoisotopic (exact) mass is 532 g/mol. The Hall–Kier alpha value is -4.88. The molecule has 0 unspecified atom stereocenters. The van der Waals surface area contributed by atoms with Gasteiger partial charge in [0, 0.05) is 11.1 Å². The average molecular weight is 532 g/mol. The van der Waals surface area contributed by atoms with Crippen molar-refractivity contribution in [3.63, 3.8) is 0 Å². The van der Waals surface area contributed by atoms with E-state index in [9.17, 15) is 32.3 Å². The summed E-state index contributed by atoms with van der Waals surface area (Å²) in [5.41, 5.74) is -2.97. The van der Waals surface area contributed by atoms with E-state index in [0.717, 1.165) is 12.5 Å². The molecular formula is C24H19F3N4O7. The summed E-state index contributed by atoms with van der Waals surface area (Å²) in [6, 6.07) is 9.02. The topological polar surface area (TPSA) is 157 Å². The van der Waals surface area contributed by atoms with Gasteiger partial charge in [-0.15, -0.1) is 0 Å². The van der Waals surface area contributed by atoms with Crippen molar-refractivity contribution in [3.8, 4) is 22.7 Å². The van der Waals surface area contributed by atoms with Crippen LogP contribution in [0.25, 0.3) is 27.9 Å². The molecule has 3 N–H and O–H groups in total. The molecule has 2 heterocycles. The first-order valence-corrected chi connectivity index (χ1v) is 10.9. The highest BCUT2D eigenvalue weighted by atomic mass is 19.4. The molecule has 38 heavy (non-hydrogen) atoms. The number of nitrogens with zero attached hydrogens (tertiary/aromatic N) is 2. The zero-order valence-corrected chi connectivity index (χ0v) is 19.8. The third-order valence-corrected chi connectivity index (χ3v) is 5.51. The van der Waals surface area contributed by atoms with E-state index in [1.54, 1.807) is 30.1 Å². The number of aromatic amines is 1. The lowest BCUT2D eigenvalue weighted by molar-refractivity contribution is -0.142. The number of aliphatic carboxylic acids is 1. The molecule has 2 aromatic heterocycles. The quantitative estimate of drug-likeness (QED) is 0.328. The number of ether oxygens (including phenoxy) is 1. The third-order valence-electron chi connectivity index (χ3n) is 5.51. The molecule has 0 fully saturated rings. The number of carbonyl (C=O) groups is 2. The maximum absolute atomic E-state index is 13.2. The minimum Gasteiger partial charge on any atom is -0.483 e. The van der Waals surface area contributed by atoms with Gasteiger partial charge in [-0.25, -0.2) is 9.36 Å². The van der Waals surface area contributed by atoms with Crippen LogP contribution in [0.1, 0.15) is 16.8 Å². The molecule has 4 aromatic rings. The van der Waals surface area contributed by atoms with Gasteiger partial charge in [0.1, 0.15) is 23.7 Å². The number of aromatic nitrogens is 3. The molecule has 0 radical (unpaired) electrons. The molecule has 2 aromatic carbocycles. The molecule has 198 valence electrons. The van der Waals surface area contributed by atoms with Gasteiger partial charge in [0.2, 0.25) is 0 Å². The van der Waals surface area contributed by atoms with Crippen LogP contribution in [0.15, 0.2) is 50.5 Å². The number of carboxylic acids is 1. The summed E-state index contributed by atoms with van der Waals surface area (Å²) in [6.07, 6.45) is -4.92. The van der Waals surface area contributed by atoms with Crippen molar-refractivity contribution in [1.82, 2.24) is 20.0 Å². The Morgan fingerprint density at radius 2 is 1.89 bits per heavy atom. The van der Waals surface area contributed by atoms with Gasteiger partial charge in [0.15, 0.2) is 12.2 Å². The van der Waals surface area contributed by atoms with Gasteiger partial charge in [0.25, 0.3) is 11.5 Å². The lowest BCUT2D eigenvalue weighted by atomic mass is 10.0. The molecule has 0 spiro atoms. The van der Waals surface area contributed by atoms with Crippen LogP contribution in [0.5, 0.6) is 5.75 Å². The number of fused-ring (bicyclic) bond motifs is 1. The van der Waals surface area contributed by atoms with Crippen molar-refractivity contribution < 1.29 is 37.1 Å². The number of aryl methyl sites for hydroxylation is 1.